The van der Waals surface area contributed by atoms with Crippen LogP contribution in [0.4, 0.5) is 15.8 Å². The number of anilines is 2. The fraction of sp³-hybridized carbons (Fsp3) is 0.269. The highest BCUT2D eigenvalue weighted by Gasteiger charge is 2.16. The highest BCUT2D eigenvalue weighted by Crippen LogP contribution is 2.34. The first-order valence-corrected chi connectivity index (χ1v) is 9.59. The smallest absolute Gasteiger partial charge is 0.159 e. The molecule has 0 aliphatic rings. The zero-order valence-electron chi connectivity index (χ0n) is 29.8. The maximum absolute atomic E-state index is 14.3. The van der Waals surface area contributed by atoms with Crippen LogP contribution in [0.3, 0.4) is 0 Å². The van der Waals surface area contributed by atoms with Crippen molar-refractivity contribution in [2.75, 3.05) is 32.4 Å². The van der Waals surface area contributed by atoms with Gasteiger partial charge >= 0.3 is 0 Å². The number of benzene rings is 2. The van der Waals surface area contributed by atoms with E-state index in [1.165, 1.54) is 20.0 Å². The Balaban J connectivity index is 2.24. The van der Waals surface area contributed by atoms with Gasteiger partial charge in [-0.1, -0.05) is 6.08 Å². The van der Waals surface area contributed by atoms with E-state index in [1.54, 1.807) is 0 Å². The van der Waals surface area contributed by atoms with E-state index in [1.807, 2.05) is 6.07 Å². The third-order valence-corrected chi connectivity index (χ3v) is 4.50. The van der Waals surface area contributed by atoms with E-state index in [4.69, 9.17) is 21.2 Å². The molecule has 3 rings (SSSR count). The molecule has 0 spiro atoms. The predicted molar refractivity (Wildman–Crippen MR) is 128 cm³/mol. The number of likely N-dealkylation sites (N-methyl/N-ethyl adjacent to an activating group) is 1. The average molecular weight is 459 g/mol. The predicted octanol–water partition coefficient (Wildman–Crippen LogP) is 4.93. The lowest BCUT2D eigenvalue weighted by Gasteiger charge is -2.15. The van der Waals surface area contributed by atoms with E-state index in [-0.39, 0.29) is 45.5 Å². The van der Waals surface area contributed by atoms with Crippen molar-refractivity contribution in [3.05, 3.63) is 71.1 Å². The fourth-order valence-electron chi connectivity index (χ4n) is 2.96. The summed E-state index contributed by atoms with van der Waals surface area (Å²) in [5, 5.41) is 12.6. The second-order valence-electron chi connectivity index (χ2n) is 6.98. The number of nitriles is 1. The van der Waals surface area contributed by atoms with Crippen LogP contribution in [-0.2, 0) is 11.2 Å². The quantitative estimate of drug-likeness (QED) is 0.458. The van der Waals surface area contributed by atoms with Crippen molar-refractivity contribution < 1.29 is 30.4 Å². The second-order valence-corrected chi connectivity index (χ2v) is 6.98. The minimum absolute atomic E-state index is 0.00651. The van der Waals surface area contributed by atoms with Crippen LogP contribution in [0.25, 0.3) is 10.9 Å². The summed E-state index contributed by atoms with van der Waals surface area (Å²) < 4.78 is 113. The van der Waals surface area contributed by atoms with Crippen molar-refractivity contribution in [3.8, 4) is 11.8 Å². The first-order chi connectivity index (χ1) is 20.6. The Morgan fingerprint density at radius 1 is 1.52 bits per heavy atom. The van der Waals surface area contributed by atoms with Gasteiger partial charge in [0.2, 0.25) is 0 Å². The molecule has 0 aliphatic carbocycles. The number of carbonyl (C=O) groups excluding carboxylic acids is 1. The molecule has 0 amide bonds. The number of rotatable bonds is 9. The van der Waals surface area contributed by atoms with Crippen molar-refractivity contribution in [2.45, 2.75) is 20.2 Å². The van der Waals surface area contributed by atoms with Gasteiger partial charge in [0.25, 0.3) is 0 Å². The van der Waals surface area contributed by atoms with Gasteiger partial charge in [0.15, 0.2) is 5.78 Å². The monoisotopic (exact) mass is 458 g/mol. The Morgan fingerprint density at radius 3 is 3.12 bits per heavy atom. The van der Waals surface area contributed by atoms with E-state index in [0.29, 0.717) is 0 Å². The zero-order chi connectivity index (χ0) is 34.2. The Morgan fingerprint density at radius 2 is 2.36 bits per heavy atom. The van der Waals surface area contributed by atoms with Crippen LogP contribution in [0, 0.1) is 24.1 Å². The topological polar surface area (TPSA) is 78.3 Å². The van der Waals surface area contributed by atoms with Gasteiger partial charge in [-0.15, -0.1) is 0 Å². The number of hydrogen-bond donors (Lipinski definition) is 1. The highest BCUT2D eigenvalue weighted by atomic mass is 19.1. The number of carbonyl (C=O) groups is 1. The molecule has 0 radical (unpaired) electrons. The largest absolute Gasteiger partial charge is 0.494 e. The van der Waals surface area contributed by atoms with Gasteiger partial charge in [0.1, 0.15) is 17.6 Å². The number of pyridine rings is 1. The van der Waals surface area contributed by atoms with Crippen molar-refractivity contribution >= 4 is 28.1 Å². The summed E-state index contributed by atoms with van der Waals surface area (Å²) in [4.78, 5) is 18.1. The Bertz CT molecular complexity index is 1700. The van der Waals surface area contributed by atoms with Crippen LogP contribution in [0.15, 0.2) is 48.6 Å². The van der Waals surface area contributed by atoms with Crippen LogP contribution in [-0.4, -0.2) is 42.8 Å². The van der Waals surface area contributed by atoms with Gasteiger partial charge in [-0.05, 0) is 63.6 Å². The molecule has 0 bridgehead atoms. The lowest BCUT2D eigenvalue weighted by atomic mass is 10.0. The van der Waals surface area contributed by atoms with Gasteiger partial charge in [-0.25, -0.2) is 4.39 Å². The molecule has 0 saturated carbocycles. The molecule has 0 saturated heterocycles. The van der Waals surface area contributed by atoms with Crippen LogP contribution >= 0.6 is 0 Å². The standard InChI is InChI=1S/C26H27FN4O2/c1-5-33-25-14-24-22(13-18(25)12-21(32)7-6-10-31(3)4)26(19(15-28)16-29-24)30-20-8-9-23(27)17(2)11-20/h6-9,11,13-14,16H,5,10,12H2,1-4H3,(H,29,30)/b7-6+/i1D3,3D3,5D2,7D,8D,9D,11D. The van der Waals surface area contributed by atoms with Crippen molar-refractivity contribution in [2.24, 2.45) is 0 Å². The van der Waals surface area contributed by atoms with E-state index >= 15 is 0 Å². The molecule has 0 unspecified atom stereocenters. The maximum Gasteiger partial charge on any atom is 0.159 e. The second kappa shape index (κ2) is 10.7. The van der Waals surface area contributed by atoms with Crippen molar-refractivity contribution in [3.63, 3.8) is 0 Å². The molecular weight excluding hydrogens is 419 g/mol. The summed E-state index contributed by atoms with van der Waals surface area (Å²) in [6.07, 6.45) is 1.49. The van der Waals surface area contributed by atoms with Crippen molar-refractivity contribution in [1.82, 2.24) is 9.88 Å². The molecule has 1 aromatic heterocycles. The summed E-state index contributed by atoms with van der Waals surface area (Å²) in [5.74, 6) is -2.37. The van der Waals surface area contributed by atoms with Gasteiger partial charge in [-0.2, -0.15) is 5.26 Å². The summed E-state index contributed by atoms with van der Waals surface area (Å²) in [7, 11) is 1.26. The number of halogens is 1. The lowest BCUT2D eigenvalue weighted by Crippen LogP contribution is -2.11. The Labute approximate surface area is 210 Å². The molecule has 2 aromatic carbocycles. The van der Waals surface area contributed by atoms with E-state index in [2.05, 4.69) is 10.3 Å². The van der Waals surface area contributed by atoms with E-state index in [9.17, 15) is 14.4 Å². The van der Waals surface area contributed by atoms with Crippen LogP contribution in [0.5, 0.6) is 5.75 Å². The highest BCUT2D eigenvalue weighted by molar-refractivity contribution is 5.98. The average Bonchev–Trinajstić information content (AvgIpc) is 2.94. The molecule has 7 heteroatoms. The molecule has 1 heterocycles. The third kappa shape index (κ3) is 5.93. The number of ether oxygens (including phenoxy) is 1. The first kappa shape index (κ1) is 12.5. The normalized spacial score (nSPS) is 18.0. The SMILES string of the molecule is [2H]/C(=C\CN(C)C([2H])([2H])[2H])C(=O)Cc1cc2c(Nc3c([2H])c([2H])c(F)c(C)c3[2H])c(C#N)cnc2cc1OC([2H])([2H])C([2H])([2H])[2H]. The number of nitrogens with one attached hydrogen (secondary N) is 1. The number of nitrogens with zero attached hydrogens (tertiary/aromatic N) is 3. The zero-order valence-corrected chi connectivity index (χ0v) is 17.8. The van der Waals surface area contributed by atoms with Gasteiger partial charge in [-0.3, -0.25) is 9.78 Å². The first-order valence-electron chi connectivity index (χ1n) is 15.6. The van der Waals surface area contributed by atoms with Gasteiger partial charge in [0, 0.05) is 50.1 Å². The van der Waals surface area contributed by atoms with Crippen LogP contribution < -0.4 is 10.1 Å². The number of fused-ring (bicyclic) bond motifs is 1. The number of allylic oxidation sites excluding steroid dienone is 1. The number of hydrogen-bond acceptors (Lipinski definition) is 6. The maximum atomic E-state index is 14.3. The van der Waals surface area contributed by atoms with Crippen molar-refractivity contribution in [1.29, 1.82) is 5.26 Å². The molecule has 6 nitrogen and oxygen atoms in total. The fourth-order valence-corrected chi connectivity index (χ4v) is 2.96. The molecule has 3 aromatic rings. The lowest BCUT2D eigenvalue weighted by molar-refractivity contribution is -0.114. The number of ketones is 1. The van der Waals surface area contributed by atoms with E-state index in [0.717, 1.165) is 23.2 Å². The van der Waals surface area contributed by atoms with E-state index < -0.39 is 68.3 Å². The third-order valence-electron chi connectivity index (χ3n) is 4.50. The minimum Gasteiger partial charge on any atom is -0.494 e. The Kier molecular flexibility index (Phi) is 4.05. The van der Waals surface area contributed by atoms with Gasteiger partial charge in [0.05, 0.1) is 31.6 Å². The number of aromatic nitrogens is 1. The molecule has 1 N–H and O–H groups in total. The molecule has 170 valence electrons. The molecule has 0 aliphatic heterocycles. The van der Waals surface area contributed by atoms with Gasteiger partial charge < -0.3 is 15.0 Å². The summed E-state index contributed by atoms with van der Waals surface area (Å²) >= 11 is 0. The molecular formula is C26H27FN4O2. The minimum atomic E-state index is -3.27. The Hall–Kier alpha value is -3.76. The summed E-state index contributed by atoms with van der Waals surface area (Å²) in [5.41, 5.74) is -0.899. The summed E-state index contributed by atoms with van der Waals surface area (Å²) in [6, 6.07) is 1.69. The summed E-state index contributed by atoms with van der Waals surface area (Å²) in [6.45, 7) is -8.05. The molecule has 0 fully saturated rings. The van der Waals surface area contributed by atoms with Crippen LogP contribution in [0.2, 0.25) is 0 Å². The molecule has 0 atom stereocenters. The molecule has 33 heavy (non-hydrogen) atoms. The van der Waals surface area contributed by atoms with Crippen LogP contribution in [0.1, 0.15) is 40.0 Å².